The molecule has 0 saturated carbocycles. The minimum absolute atomic E-state index is 0.00924. The zero-order valence-corrected chi connectivity index (χ0v) is 39.7. The van der Waals surface area contributed by atoms with Gasteiger partial charge in [-0.3, -0.25) is 44.4 Å². The second kappa shape index (κ2) is 23.2. The topological polar surface area (TPSA) is 348 Å². The molecule has 2 fully saturated rings. The minimum atomic E-state index is -1.38. The van der Waals surface area contributed by atoms with E-state index in [-0.39, 0.29) is 56.1 Å². The number of guanidine groups is 1. The summed E-state index contributed by atoms with van der Waals surface area (Å²) in [4.78, 5) is 127. The van der Waals surface area contributed by atoms with Gasteiger partial charge in [0.15, 0.2) is 12.0 Å². The number of aliphatic imine (C=N–C) groups is 1. The average Bonchev–Trinajstić information content (AvgIpc) is 4.08. The first-order chi connectivity index (χ1) is 33.6. The van der Waals surface area contributed by atoms with Crippen molar-refractivity contribution in [3.05, 3.63) is 102 Å². The summed E-state index contributed by atoms with van der Waals surface area (Å²) in [5.74, 6) is -5.41. The van der Waals surface area contributed by atoms with Gasteiger partial charge < -0.3 is 53.3 Å². The normalized spacial score (nSPS) is 23.4. The fraction of sp³-hybridized carbons (Fsp3) is 0.348. The molecule has 0 spiro atoms. The molecule has 2 bridgehead atoms. The molecule has 7 unspecified atom stereocenters. The lowest BCUT2D eigenvalue weighted by atomic mass is 9.99. The number of nitrogens with two attached hydrogens (primary N) is 2. The Morgan fingerprint density at radius 1 is 0.743 bits per heavy atom. The molecular weight excluding hydrogens is 941 g/mol. The molecule has 24 heteroatoms. The van der Waals surface area contributed by atoms with Crippen LogP contribution in [0.3, 0.4) is 0 Å². The van der Waals surface area contributed by atoms with Crippen LogP contribution < -0.4 is 49.1 Å². The molecule has 0 radical (unpaired) electrons. The molecule has 368 valence electrons. The number of H-pyrrole nitrogens is 2. The van der Waals surface area contributed by atoms with Crippen LogP contribution in [0.1, 0.15) is 36.6 Å². The van der Waals surface area contributed by atoms with E-state index in [0.717, 1.165) is 48.2 Å². The molecule has 2 aliphatic heterocycles. The number of imidazole rings is 1. The Morgan fingerprint density at radius 2 is 1.39 bits per heavy atom. The molecule has 70 heavy (non-hydrogen) atoms. The van der Waals surface area contributed by atoms with Crippen molar-refractivity contribution in [3.8, 4) is 0 Å². The van der Waals surface area contributed by atoms with E-state index >= 15 is 0 Å². The maximum atomic E-state index is 14.8. The Hall–Kier alpha value is -7.44. The highest BCUT2D eigenvalue weighted by Crippen LogP contribution is 2.26. The monoisotopic (exact) mass is 995 g/mol. The molecule has 2 aliphatic rings. The van der Waals surface area contributed by atoms with Gasteiger partial charge in [0.05, 0.1) is 6.33 Å². The fourth-order valence-corrected chi connectivity index (χ4v) is 10.5. The van der Waals surface area contributed by atoms with Gasteiger partial charge in [-0.05, 0) is 47.7 Å². The highest BCUT2D eigenvalue weighted by molar-refractivity contribution is 8.76. The van der Waals surface area contributed by atoms with Crippen LogP contribution in [-0.4, -0.2) is 134 Å². The van der Waals surface area contributed by atoms with Gasteiger partial charge in [0, 0.05) is 66.3 Å². The van der Waals surface area contributed by atoms with E-state index in [1.807, 2.05) is 60.7 Å². The van der Waals surface area contributed by atoms with E-state index in [1.165, 1.54) is 19.4 Å². The van der Waals surface area contributed by atoms with E-state index in [1.54, 1.807) is 12.3 Å². The summed E-state index contributed by atoms with van der Waals surface area (Å²) < 4.78 is 0. The number of nitrogens with one attached hydrogen (secondary N) is 8. The number of imide groups is 1. The van der Waals surface area contributed by atoms with Gasteiger partial charge in [-0.1, -0.05) is 82.3 Å². The molecule has 2 saturated heterocycles. The minimum Gasteiger partial charge on any atom is -0.370 e. The van der Waals surface area contributed by atoms with Gasteiger partial charge in [0.2, 0.25) is 29.5 Å². The first-order valence-corrected chi connectivity index (χ1v) is 24.9. The lowest BCUT2D eigenvalue weighted by Crippen LogP contribution is -2.68. The van der Waals surface area contributed by atoms with Crippen molar-refractivity contribution in [1.82, 2.24) is 51.8 Å². The Labute approximate surface area is 409 Å². The van der Waals surface area contributed by atoms with Crippen molar-refractivity contribution in [2.24, 2.45) is 16.5 Å². The molecule has 2 aromatic heterocycles. The lowest BCUT2D eigenvalue weighted by molar-refractivity contribution is -0.307. The smallest absolute Gasteiger partial charge is 0.332 e. The number of aromatic amines is 2. The second-order valence-corrected chi connectivity index (χ2v) is 19.5. The predicted molar refractivity (Wildman–Crippen MR) is 263 cm³/mol. The highest BCUT2D eigenvalue weighted by Gasteiger charge is 2.44. The number of hydrogen-bond acceptors (Lipinski definition) is 12. The van der Waals surface area contributed by atoms with E-state index in [2.05, 4.69) is 57.6 Å². The number of amides is 9. The molecule has 4 heterocycles. The Balaban J connectivity index is 1.26. The van der Waals surface area contributed by atoms with Crippen molar-refractivity contribution in [2.75, 3.05) is 18.1 Å². The Bertz CT molecular complexity index is 2780. The highest BCUT2D eigenvalue weighted by atomic mass is 33.1. The number of nitrogens with zero attached hydrogens (tertiary/aromatic N) is 3. The zero-order valence-electron chi connectivity index (χ0n) is 38.1. The Morgan fingerprint density at radius 3 is 2.11 bits per heavy atom. The summed E-state index contributed by atoms with van der Waals surface area (Å²) in [6, 6.07) is 10.7. The summed E-state index contributed by atoms with van der Waals surface area (Å²) in [5, 5.41) is 19.0. The van der Waals surface area contributed by atoms with Gasteiger partial charge in [0.1, 0.15) is 36.3 Å². The second-order valence-electron chi connectivity index (χ2n) is 16.9. The van der Waals surface area contributed by atoms with E-state index < -0.39 is 89.7 Å². The number of fused-ring (bicyclic) bond motifs is 4. The molecule has 7 rings (SSSR count). The van der Waals surface area contributed by atoms with Crippen molar-refractivity contribution in [3.63, 3.8) is 0 Å². The third-order valence-electron chi connectivity index (χ3n) is 11.9. The SMILES string of the molecule is CC1C(=O)NC(Cc2cnc[nH]2)C(=O)NC(Cc2ccc3ccccc3c2)C(=O)NC(CCCN=C(N)N)C(=O)NC(Cc2c[nH]c3ccccc23)C(=O)NC(C([NH3+])=O)CSSCC2NC(=O)N1C2=O. The van der Waals surface area contributed by atoms with Crippen LogP contribution in [0, 0.1) is 0 Å². The van der Waals surface area contributed by atoms with Crippen molar-refractivity contribution >= 4 is 96.6 Å². The quantitative estimate of drug-likeness (QED) is 0.0250. The van der Waals surface area contributed by atoms with Gasteiger partial charge >= 0.3 is 11.9 Å². The fourth-order valence-electron chi connectivity index (χ4n) is 8.11. The van der Waals surface area contributed by atoms with Crippen LogP contribution in [0.25, 0.3) is 21.7 Å². The maximum Gasteiger partial charge on any atom is 0.332 e. The average molecular weight is 996 g/mol. The molecule has 7 atom stereocenters. The number of urea groups is 1. The number of aromatic nitrogens is 3. The van der Waals surface area contributed by atoms with Gasteiger partial charge in [0.25, 0.3) is 5.91 Å². The largest absolute Gasteiger partial charge is 0.370 e. The molecular formula is C46H55N14O8S2+. The van der Waals surface area contributed by atoms with Gasteiger partial charge in [-0.2, -0.15) is 0 Å². The van der Waals surface area contributed by atoms with E-state index in [0.29, 0.717) is 16.8 Å². The lowest BCUT2D eigenvalue weighted by Gasteiger charge is -2.28. The number of para-hydroxylation sites is 1. The van der Waals surface area contributed by atoms with E-state index in [4.69, 9.17) is 11.5 Å². The summed E-state index contributed by atoms with van der Waals surface area (Å²) in [5.41, 5.74) is 17.3. The third-order valence-corrected chi connectivity index (χ3v) is 14.3. The van der Waals surface area contributed by atoms with Crippen LogP contribution in [0.15, 0.2) is 90.4 Å². The van der Waals surface area contributed by atoms with Gasteiger partial charge in [-0.15, -0.1) is 0 Å². The number of carbonyl (C=O) groups excluding carboxylic acids is 8. The summed E-state index contributed by atoms with van der Waals surface area (Å²) in [7, 11) is 2.28. The van der Waals surface area contributed by atoms with Crippen molar-refractivity contribution in [1.29, 1.82) is 0 Å². The molecule has 22 nitrogen and oxygen atoms in total. The Kier molecular flexibility index (Phi) is 16.7. The number of benzene rings is 3. The number of rotatable bonds is 11. The van der Waals surface area contributed by atoms with E-state index in [9.17, 15) is 38.4 Å². The van der Waals surface area contributed by atoms with Crippen LogP contribution in [0.4, 0.5) is 4.79 Å². The molecule has 5 aromatic rings. The van der Waals surface area contributed by atoms with Crippen LogP contribution in [0.5, 0.6) is 0 Å². The maximum absolute atomic E-state index is 14.8. The van der Waals surface area contributed by atoms with Crippen molar-refractivity contribution < 1.29 is 44.1 Å². The number of carbonyl (C=O) groups is 8. The molecule has 3 aromatic carbocycles. The zero-order chi connectivity index (χ0) is 49.9. The summed E-state index contributed by atoms with van der Waals surface area (Å²) in [6.45, 7) is 1.43. The standard InChI is InChI=1S/C46H54N14O8S2/c1-24-39(62)55-35(18-29-20-50-23-53-29)43(66)56-33(16-25-12-13-26-7-2-3-8-27(26)15-25)41(64)54-32(11-6-14-51-45(48)49)40(63)57-34(17-28-19-52-31-10-5-4-9-30(28)31)42(65)58-36(38(47)61)21-69-70-22-37-44(67)60(24)46(68)59-37/h2-5,7-10,12-13,15,19-20,23-24,32-37,52H,6,11,14,16-18,21-22H2,1H3,(H2,47,61)(H,50,53)(H,54,64)(H,55,62)(H,56,66)(H,57,63)(H,58,65)(H,59,68)(H4,48,49,51)/p+1. The van der Waals surface area contributed by atoms with Gasteiger partial charge in [-0.25, -0.2) is 14.6 Å². The number of hydrogen-bond donors (Lipinski definition) is 11. The molecule has 9 amide bonds. The van der Waals surface area contributed by atoms with Crippen LogP contribution in [-0.2, 0) is 52.8 Å². The molecule has 15 N–H and O–H groups in total. The van der Waals surface area contributed by atoms with Crippen LogP contribution >= 0.6 is 21.6 Å². The van der Waals surface area contributed by atoms with Crippen LogP contribution in [0.2, 0.25) is 0 Å². The predicted octanol–water partition coefficient (Wildman–Crippen LogP) is -0.978. The number of quaternary nitrogens is 1. The summed E-state index contributed by atoms with van der Waals surface area (Å²) >= 11 is 0. The summed E-state index contributed by atoms with van der Waals surface area (Å²) in [6.07, 6.45) is 4.45. The first kappa shape index (κ1) is 50.4. The van der Waals surface area contributed by atoms with Crippen molar-refractivity contribution in [2.45, 2.75) is 81.3 Å². The first-order valence-electron chi connectivity index (χ1n) is 22.5. The molecule has 0 aliphatic carbocycles. The third kappa shape index (κ3) is 12.8.